The van der Waals surface area contributed by atoms with Gasteiger partial charge in [0.15, 0.2) is 0 Å². The highest BCUT2D eigenvalue weighted by molar-refractivity contribution is 7.89. The van der Waals surface area contributed by atoms with Gasteiger partial charge in [-0.05, 0) is 42.3 Å². The topological polar surface area (TPSA) is 92.5 Å². The van der Waals surface area contributed by atoms with Gasteiger partial charge in [-0.1, -0.05) is 30.3 Å². The molecule has 0 atom stereocenters. The van der Waals surface area contributed by atoms with E-state index in [4.69, 9.17) is 5.73 Å². The van der Waals surface area contributed by atoms with Crippen LogP contribution in [0.5, 0.6) is 0 Å². The van der Waals surface area contributed by atoms with Crippen molar-refractivity contribution in [2.45, 2.75) is 24.3 Å². The van der Waals surface area contributed by atoms with E-state index in [9.17, 15) is 13.2 Å². The van der Waals surface area contributed by atoms with Gasteiger partial charge in [-0.25, -0.2) is 8.42 Å². The fourth-order valence-corrected chi connectivity index (χ4v) is 4.37. The van der Waals surface area contributed by atoms with Crippen LogP contribution in [-0.2, 0) is 27.8 Å². The Bertz CT molecular complexity index is 866. The zero-order valence-electron chi connectivity index (χ0n) is 13.8. The van der Waals surface area contributed by atoms with Crippen molar-refractivity contribution in [3.05, 3.63) is 59.7 Å². The van der Waals surface area contributed by atoms with Gasteiger partial charge in [-0.3, -0.25) is 4.79 Å². The molecule has 3 N–H and O–H groups in total. The molecule has 0 saturated heterocycles. The van der Waals surface area contributed by atoms with E-state index in [2.05, 4.69) is 5.32 Å². The Balaban J connectivity index is 1.91. The molecule has 1 amide bonds. The van der Waals surface area contributed by atoms with Crippen LogP contribution in [0.1, 0.15) is 17.5 Å². The average Bonchev–Trinajstić information content (AvgIpc) is 2.98. The van der Waals surface area contributed by atoms with E-state index in [0.717, 1.165) is 5.56 Å². The smallest absolute Gasteiger partial charge is 0.243 e. The first kappa shape index (κ1) is 17.6. The van der Waals surface area contributed by atoms with Gasteiger partial charge >= 0.3 is 0 Å². The quantitative estimate of drug-likeness (QED) is 0.787. The molecule has 0 saturated carbocycles. The second-order valence-corrected chi connectivity index (χ2v) is 7.95. The Labute approximate surface area is 147 Å². The summed E-state index contributed by atoms with van der Waals surface area (Å²) in [5, 5.41) is 2.72. The lowest BCUT2D eigenvalue weighted by atomic mass is 10.2. The number of sulfonamides is 1. The Morgan fingerprint density at radius 1 is 1.12 bits per heavy atom. The average molecular weight is 359 g/mol. The number of hydrogen-bond donors (Lipinski definition) is 2. The lowest BCUT2D eigenvalue weighted by Crippen LogP contribution is -2.32. The third kappa shape index (κ3) is 3.89. The predicted octanol–water partition coefficient (Wildman–Crippen LogP) is 1.72. The maximum absolute atomic E-state index is 13.1. The highest BCUT2D eigenvalue weighted by Gasteiger charge is 2.27. The highest BCUT2D eigenvalue weighted by atomic mass is 32.2. The number of nitrogens with zero attached hydrogens (tertiary/aromatic N) is 1. The van der Waals surface area contributed by atoms with Gasteiger partial charge in [0.25, 0.3) is 0 Å². The van der Waals surface area contributed by atoms with Crippen molar-refractivity contribution in [3.63, 3.8) is 0 Å². The fraction of sp³-hybridized carbons (Fsp3) is 0.278. The molecule has 6 nitrogen and oxygen atoms in total. The molecular weight excluding hydrogens is 338 g/mol. The summed E-state index contributed by atoms with van der Waals surface area (Å²) in [6.45, 7) is 1.06. The number of amides is 1. The number of benzene rings is 2. The van der Waals surface area contributed by atoms with E-state index in [-0.39, 0.29) is 23.8 Å². The Morgan fingerprint density at radius 2 is 1.88 bits per heavy atom. The second kappa shape index (κ2) is 7.35. The second-order valence-electron chi connectivity index (χ2n) is 6.01. The SMILES string of the molecule is NCCCN(Cc1ccccc1)S(=O)(=O)c1ccc2c(c1)CC(=O)N2. The minimum atomic E-state index is -3.67. The summed E-state index contributed by atoms with van der Waals surface area (Å²) >= 11 is 0. The number of nitrogens with one attached hydrogen (secondary N) is 1. The van der Waals surface area contributed by atoms with Gasteiger partial charge < -0.3 is 11.1 Å². The van der Waals surface area contributed by atoms with Crippen LogP contribution in [0.2, 0.25) is 0 Å². The maximum atomic E-state index is 13.1. The summed E-state index contributed by atoms with van der Waals surface area (Å²) in [4.78, 5) is 11.7. The monoisotopic (exact) mass is 359 g/mol. The van der Waals surface area contributed by atoms with Crippen molar-refractivity contribution < 1.29 is 13.2 Å². The molecule has 7 heteroatoms. The standard InChI is InChI=1S/C18H21N3O3S/c19-9-4-10-21(13-14-5-2-1-3-6-14)25(23,24)16-7-8-17-15(11-16)12-18(22)20-17/h1-3,5-8,11H,4,9-10,12-13,19H2,(H,20,22). The van der Waals surface area contributed by atoms with Crippen molar-refractivity contribution >= 4 is 21.6 Å². The van der Waals surface area contributed by atoms with E-state index in [1.807, 2.05) is 30.3 Å². The Morgan fingerprint density at radius 3 is 2.60 bits per heavy atom. The predicted molar refractivity (Wildman–Crippen MR) is 96.5 cm³/mol. The number of anilines is 1. The van der Waals surface area contributed by atoms with Gasteiger partial charge in [-0.2, -0.15) is 4.31 Å². The van der Waals surface area contributed by atoms with Crippen molar-refractivity contribution in [2.24, 2.45) is 5.73 Å². The minimum absolute atomic E-state index is 0.117. The lowest BCUT2D eigenvalue weighted by molar-refractivity contribution is -0.115. The Kier molecular flexibility index (Phi) is 5.17. The molecule has 1 aliphatic heterocycles. The highest BCUT2D eigenvalue weighted by Crippen LogP contribution is 2.28. The first-order valence-corrected chi connectivity index (χ1v) is 9.61. The third-order valence-corrected chi connectivity index (χ3v) is 5.99. The molecule has 2 aromatic rings. The van der Waals surface area contributed by atoms with E-state index in [0.29, 0.717) is 30.8 Å². The van der Waals surface area contributed by atoms with E-state index >= 15 is 0 Å². The molecule has 0 fully saturated rings. The van der Waals surface area contributed by atoms with Crippen LogP contribution in [0.3, 0.4) is 0 Å². The van der Waals surface area contributed by atoms with Crippen LogP contribution in [0.25, 0.3) is 0 Å². The summed E-state index contributed by atoms with van der Waals surface area (Å²) in [5.74, 6) is -0.117. The Hall–Kier alpha value is -2.22. The van der Waals surface area contributed by atoms with E-state index in [1.165, 1.54) is 4.31 Å². The molecule has 0 aromatic heterocycles. The molecule has 0 spiro atoms. The van der Waals surface area contributed by atoms with Crippen LogP contribution in [-0.4, -0.2) is 31.7 Å². The third-order valence-electron chi connectivity index (χ3n) is 4.15. The molecule has 1 heterocycles. The van der Waals surface area contributed by atoms with Crippen molar-refractivity contribution in [1.29, 1.82) is 0 Å². The van der Waals surface area contributed by atoms with Gasteiger partial charge in [0, 0.05) is 18.8 Å². The number of carbonyl (C=O) groups excluding carboxylic acids is 1. The van der Waals surface area contributed by atoms with Crippen LogP contribution in [0.15, 0.2) is 53.4 Å². The molecule has 0 bridgehead atoms. The normalized spacial score (nSPS) is 13.8. The molecule has 0 unspecified atom stereocenters. The molecule has 2 aromatic carbocycles. The van der Waals surface area contributed by atoms with Gasteiger partial charge in [0.05, 0.1) is 11.3 Å². The first-order valence-electron chi connectivity index (χ1n) is 8.17. The minimum Gasteiger partial charge on any atom is -0.330 e. The van der Waals surface area contributed by atoms with Crippen molar-refractivity contribution in [1.82, 2.24) is 4.31 Å². The first-order chi connectivity index (χ1) is 12.0. The summed E-state index contributed by atoms with van der Waals surface area (Å²) in [5.41, 5.74) is 7.89. The number of nitrogens with two attached hydrogens (primary N) is 1. The summed E-state index contributed by atoms with van der Waals surface area (Å²) < 4.78 is 27.7. The molecule has 1 aliphatic rings. The fourth-order valence-electron chi connectivity index (χ4n) is 2.85. The lowest BCUT2D eigenvalue weighted by Gasteiger charge is -2.22. The number of hydrogen-bond acceptors (Lipinski definition) is 4. The number of carbonyl (C=O) groups is 1. The zero-order valence-corrected chi connectivity index (χ0v) is 14.6. The van der Waals surface area contributed by atoms with Gasteiger partial charge in [0.2, 0.25) is 15.9 Å². The van der Waals surface area contributed by atoms with E-state index in [1.54, 1.807) is 18.2 Å². The summed E-state index contributed by atoms with van der Waals surface area (Å²) in [7, 11) is -3.67. The molecule has 0 aliphatic carbocycles. The summed E-state index contributed by atoms with van der Waals surface area (Å²) in [6.07, 6.45) is 0.789. The van der Waals surface area contributed by atoms with Gasteiger partial charge in [-0.15, -0.1) is 0 Å². The largest absolute Gasteiger partial charge is 0.330 e. The molecule has 3 rings (SSSR count). The van der Waals surface area contributed by atoms with Crippen LogP contribution in [0.4, 0.5) is 5.69 Å². The molecular formula is C18H21N3O3S. The summed E-state index contributed by atoms with van der Waals surface area (Å²) in [6, 6.07) is 14.2. The molecule has 25 heavy (non-hydrogen) atoms. The van der Waals surface area contributed by atoms with Crippen LogP contribution < -0.4 is 11.1 Å². The molecule has 0 radical (unpaired) electrons. The molecule has 132 valence electrons. The number of rotatable bonds is 7. The van der Waals surface area contributed by atoms with Crippen molar-refractivity contribution in [3.8, 4) is 0 Å². The van der Waals surface area contributed by atoms with Crippen LogP contribution in [0, 0.1) is 0 Å². The van der Waals surface area contributed by atoms with Gasteiger partial charge in [0.1, 0.15) is 0 Å². The van der Waals surface area contributed by atoms with E-state index < -0.39 is 10.0 Å². The van der Waals surface area contributed by atoms with Crippen molar-refractivity contribution in [2.75, 3.05) is 18.4 Å². The maximum Gasteiger partial charge on any atom is 0.243 e. The zero-order chi connectivity index (χ0) is 17.9. The van der Waals surface area contributed by atoms with Crippen LogP contribution >= 0.6 is 0 Å². The number of fused-ring (bicyclic) bond motifs is 1.